The number of halogens is 2. The van der Waals surface area contributed by atoms with Crippen LogP contribution in [-0.2, 0) is 21.4 Å². The average molecular weight is 526 g/mol. The Balaban J connectivity index is 1.87. The molecule has 9 nitrogen and oxygen atoms in total. The topological polar surface area (TPSA) is 112 Å². The Morgan fingerprint density at radius 1 is 1.09 bits per heavy atom. The van der Waals surface area contributed by atoms with Crippen molar-refractivity contribution < 1.29 is 26.8 Å². The number of benzene rings is 2. The van der Waals surface area contributed by atoms with Gasteiger partial charge < -0.3 is 10.2 Å². The fraction of sp³-hybridized carbons (Fsp3) is 0.318. The van der Waals surface area contributed by atoms with Crippen LogP contribution in [0.4, 0.5) is 19.3 Å². The Morgan fingerprint density at radius 2 is 1.74 bits per heavy atom. The number of amides is 3. The van der Waals surface area contributed by atoms with Crippen molar-refractivity contribution in [3.8, 4) is 0 Å². The smallest absolute Gasteiger partial charge is 0.325 e. The SMILES string of the molecule is CC(C)N(C)S(=O)(=O)NC(=O)N[C@@H](Cc1cc(F)cc(F)c1)C(=O)N(C)c1ccc2scnc2c1. The number of urea groups is 1. The highest BCUT2D eigenvalue weighted by molar-refractivity contribution is 7.87. The van der Waals surface area contributed by atoms with Gasteiger partial charge in [0.1, 0.15) is 17.7 Å². The molecule has 1 heterocycles. The lowest BCUT2D eigenvalue weighted by molar-refractivity contribution is -0.120. The number of fused-ring (bicyclic) bond motifs is 1. The standard InChI is InChI=1S/C22H25F2N5O4S2/c1-13(2)29(4)35(32,33)27-22(31)26-19(9-14-7-15(23)10-16(24)8-14)21(30)28(3)17-5-6-20-18(11-17)25-12-34-20/h5-8,10-13,19H,9H2,1-4H3,(H2,26,27,31)/t19-/m0/s1. The fourth-order valence-corrected chi connectivity index (χ4v) is 4.89. The van der Waals surface area contributed by atoms with Gasteiger partial charge >= 0.3 is 16.2 Å². The summed E-state index contributed by atoms with van der Waals surface area (Å²) in [5, 5.41) is 2.33. The van der Waals surface area contributed by atoms with Crippen molar-refractivity contribution >= 4 is 49.4 Å². The Morgan fingerprint density at radius 3 is 2.37 bits per heavy atom. The first-order chi connectivity index (χ1) is 16.4. The maximum atomic E-state index is 13.7. The predicted octanol–water partition coefficient (Wildman–Crippen LogP) is 3.03. The fourth-order valence-electron chi connectivity index (χ4n) is 3.23. The molecule has 13 heteroatoms. The third-order valence-corrected chi connectivity index (χ3v) is 7.76. The first kappa shape index (κ1) is 26.4. The number of carbonyl (C=O) groups is 2. The number of aromatic nitrogens is 1. The van der Waals surface area contributed by atoms with Crippen molar-refractivity contribution in [2.45, 2.75) is 32.4 Å². The van der Waals surface area contributed by atoms with Crippen LogP contribution in [0.25, 0.3) is 10.2 Å². The first-order valence-corrected chi connectivity index (χ1v) is 12.8. The van der Waals surface area contributed by atoms with Crippen molar-refractivity contribution in [1.29, 1.82) is 0 Å². The zero-order valence-electron chi connectivity index (χ0n) is 19.5. The van der Waals surface area contributed by atoms with E-state index in [1.807, 2.05) is 4.72 Å². The van der Waals surface area contributed by atoms with Crippen LogP contribution < -0.4 is 14.9 Å². The summed E-state index contributed by atoms with van der Waals surface area (Å²) in [7, 11) is -1.42. The Bertz CT molecular complexity index is 1330. The maximum Gasteiger partial charge on any atom is 0.330 e. The molecule has 0 saturated carbocycles. The normalized spacial score (nSPS) is 12.7. The number of hydrogen-bond acceptors (Lipinski definition) is 6. The van der Waals surface area contributed by atoms with Gasteiger partial charge in [-0.25, -0.2) is 23.3 Å². The molecule has 0 saturated heterocycles. The summed E-state index contributed by atoms with van der Waals surface area (Å²) in [5.41, 5.74) is 2.91. The largest absolute Gasteiger partial charge is 0.330 e. The molecule has 188 valence electrons. The molecule has 0 aliphatic carbocycles. The van der Waals surface area contributed by atoms with Gasteiger partial charge in [0, 0.05) is 38.3 Å². The molecule has 2 N–H and O–H groups in total. The lowest BCUT2D eigenvalue weighted by atomic mass is 10.0. The molecule has 2 aromatic carbocycles. The highest BCUT2D eigenvalue weighted by Crippen LogP contribution is 2.24. The summed E-state index contributed by atoms with van der Waals surface area (Å²) in [5.74, 6) is -2.33. The summed E-state index contributed by atoms with van der Waals surface area (Å²) in [6.45, 7) is 3.24. The van der Waals surface area contributed by atoms with E-state index < -0.39 is 45.9 Å². The summed E-state index contributed by atoms with van der Waals surface area (Å²) in [6.07, 6.45) is -0.287. The van der Waals surface area contributed by atoms with Gasteiger partial charge in [-0.05, 0) is 49.7 Å². The molecule has 0 unspecified atom stereocenters. The Labute approximate surface area is 205 Å². The Hall–Kier alpha value is -3.16. The summed E-state index contributed by atoms with van der Waals surface area (Å²) in [4.78, 5) is 31.4. The van der Waals surface area contributed by atoms with Crippen LogP contribution in [0.1, 0.15) is 19.4 Å². The molecule has 1 aromatic heterocycles. The monoisotopic (exact) mass is 525 g/mol. The number of anilines is 1. The molecule has 0 spiro atoms. The molecule has 0 bridgehead atoms. The van der Waals surface area contributed by atoms with Crippen LogP contribution in [0.15, 0.2) is 41.9 Å². The van der Waals surface area contributed by atoms with E-state index in [4.69, 9.17) is 0 Å². The molecule has 0 aliphatic heterocycles. The van der Waals surface area contributed by atoms with Crippen molar-refractivity contribution in [2.75, 3.05) is 19.0 Å². The lowest BCUT2D eigenvalue weighted by Gasteiger charge is -2.26. The van der Waals surface area contributed by atoms with Gasteiger partial charge in [-0.15, -0.1) is 11.3 Å². The zero-order valence-corrected chi connectivity index (χ0v) is 21.1. The van der Waals surface area contributed by atoms with Crippen LogP contribution in [-0.4, -0.2) is 55.8 Å². The van der Waals surface area contributed by atoms with Crippen LogP contribution in [0.2, 0.25) is 0 Å². The molecule has 3 rings (SSSR count). The summed E-state index contributed by atoms with van der Waals surface area (Å²) in [6, 6.07) is 5.00. The van der Waals surface area contributed by atoms with E-state index in [-0.39, 0.29) is 12.0 Å². The number of likely N-dealkylation sites (N-methyl/N-ethyl adjacent to an activating group) is 1. The Kier molecular flexibility index (Phi) is 8.03. The van der Waals surface area contributed by atoms with Crippen molar-refractivity contribution in [1.82, 2.24) is 19.3 Å². The third-order valence-electron chi connectivity index (χ3n) is 5.33. The minimum absolute atomic E-state index is 0.103. The van der Waals surface area contributed by atoms with Crippen LogP contribution in [0.5, 0.6) is 0 Å². The molecule has 1 atom stereocenters. The van der Waals surface area contributed by atoms with Crippen LogP contribution >= 0.6 is 11.3 Å². The van der Waals surface area contributed by atoms with Gasteiger partial charge in [0.2, 0.25) is 5.91 Å². The lowest BCUT2D eigenvalue weighted by Crippen LogP contribution is -2.54. The van der Waals surface area contributed by atoms with Gasteiger partial charge in [0.25, 0.3) is 0 Å². The highest BCUT2D eigenvalue weighted by atomic mass is 32.2. The zero-order chi connectivity index (χ0) is 25.9. The molecule has 3 amide bonds. The summed E-state index contributed by atoms with van der Waals surface area (Å²) < 4.78 is 56.0. The van der Waals surface area contributed by atoms with Gasteiger partial charge in [0.05, 0.1) is 15.7 Å². The van der Waals surface area contributed by atoms with E-state index in [0.29, 0.717) is 17.3 Å². The number of nitrogens with one attached hydrogen (secondary N) is 2. The van der Waals surface area contributed by atoms with Crippen LogP contribution in [0, 0.1) is 11.6 Å². The van der Waals surface area contributed by atoms with Crippen LogP contribution in [0.3, 0.4) is 0 Å². The van der Waals surface area contributed by atoms with Gasteiger partial charge in [-0.1, -0.05) is 0 Å². The summed E-state index contributed by atoms with van der Waals surface area (Å²) >= 11 is 1.43. The van der Waals surface area contributed by atoms with Gasteiger partial charge in [-0.3, -0.25) is 4.79 Å². The number of nitrogens with zero attached hydrogens (tertiary/aromatic N) is 3. The third kappa shape index (κ3) is 6.50. The quantitative estimate of drug-likeness (QED) is 0.470. The number of rotatable bonds is 8. The van der Waals surface area contributed by atoms with Crippen molar-refractivity contribution in [2.24, 2.45) is 0 Å². The van der Waals surface area contributed by atoms with Crippen molar-refractivity contribution in [3.05, 3.63) is 59.1 Å². The molecule has 0 aliphatic rings. The molecular weight excluding hydrogens is 500 g/mol. The molecule has 35 heavy (non-hydrogen) atoms. The average Bonchev–Trinajstić information content (AvgIpc) is 3.23. The minimum Gasteiger partial charge on any atom is -0.325 e. The second kappa shape index (κ2) is 10.6. The van der Waals surface area contributed by atoms with E-state index in [2.05, 4.69) is 10.3 Å². The van der Waals surface area contributed by atoms with E-state index in [1.54, 1.807) is 37.6 Å². The molecule has 0 fully saturated rings. The second-order valence-corrected chi connectivity index (χ2v) is 10.7. The maximum absolute atomic E-state index is 13.7. The van der Waals surface area contributed by atoms with Crippen molar-refractivity contribution in [3.63, 3.8) is 0 Å². The molecular formula is C22H25F2N5O4S2. The molecule has 3 aromatic rings. The second-order valence-electron chi connectivity index (χ2n) is 8.13. The minimum atomic E-state index is -4.19. The first-order valence-electron chi connectivity index (χ1n) is 10.5. The highest BCUT2D eigenvalue weighted by Gasteiger charge is 2.29. The number of carbonyl (C=O) groups excluding carboxylic acids is 2. The predicted molar refractivity (Wildman–Crippen MR) is 130 cm³/mol. The molecule has 0 radical (unpaired) electrons. The number of thiazole rings is 1. The van der Waals surface area contributed by atoms with Gasteiger partial charge in [-0.2, -0.15) is 12.7 Å². The van der Waals surface area contributed by atoms with E-state index in [9.17, 15) is 26.8 Å². The van der Waals surface area contributed by atoms with E-state index in [0.717, 1.165) is 21.1 Å². The van der Waals surface area contributed by atoms with E-state index >= 15 is 0 Å². The van der Waals surface area contributed by atoms with E-state index in [1.165, 1.54) is 30.3 Å². The number of hydrogen-bond donors (Lipinski definition) is 2. The van der Waals surface area contributed by atoms with Gasteiger partial charge in [0.15, 0.2) is 0 Å².